The zero-order chi connectivity index (χ0) is 12.4. The molecule has 1 heterocycles. The molecule has 4 nitrogen and oxygen atoms in total. The van der Waals surface area contributed by atoms with E-state index in [9.17, 15) is 0 Å². The second-order valence-electron chi connectivity index (χ2n) is 3.51. The van der Waals surface area contributed by atoms with Crippen molar-refractivity contribution >= 4 is 45.0 Å². The number of benzene rings is 1. The molecule has 88 valence electrons. The molecular weight excluding hydrogens is 304 g/mol. The molecule has 3 N–H and O–H groups in total. The maximum Gasteiger partial charge on any atom is 0.222 e. The third kappa shape index (κ3) is 2.87. The van der Waals surface area contributed by atoms with Gasteiger partial charge >= 0.3 is 0 Å². The third-order valence-corrected chi connectivity index (χ3v) is 3.33. The minimum Gasteiger partial charge on any atom is -0.368 e. The molecule has 0 aliphatic heterocycles. The summed E-state index contributed by atoms with van der Waals surface area (Å²) in [6, 6.07) is 5.88. The molecule has 0 amide bonds. The van der Waals surface area contributed by atoms with E-state index in [0.717, 1.165) is 15.7 Å². The molecule has 0 saturated heterocycles. The fourth-order valence-corrected chi connectivity index (χ4v) is 1.79. The number of hydrogen-bond acceptors (Lipinski definition) is 4. The van der Waals surface area contributed by atoms with Gasteiger partial charge in [0.1, 0.15) is 5.02 Å². The van der Waals surface area contributed by atoms with Gasteiger partial charge in [-0.05, 0) is 24.6 Å². The van der Waals surface area contributed by atoms with Crippen molar-refractivity contribution in [1.29, 1.82) is 0 Å². The molecule has 2 aromatic rings. The summed E-state index contributed by atoms with van der Waals surface area (Å²) in [6.07, 6.45) is 1.47. The quantitative estimate of drug-likeness (QED) is 0.890. The first-order chi connectivity index (χ1) is 8.06. The van der Waals surface area contributed by atoms with Crippen LogP contribution in [0, 0.1) is 6.92 Å². The summed E-state index contributed by atoms with van der Waals surface area (Å²) in [6.45, 7) is 2.02. The van der Waals surface area contributed by atoms with Crippen LogP contribution >= 0.6 is 27.5 Å². The maximum atomic E-state index is 5.96. The molecule has 0 radical (unpaired) electrons. The summed E-state index contributed by atoms with van der Waals surface area (Å²) >= 11 is 9.42. The van der Waals surface area contributed by atoms with Gasteiger partial charge in [-0.2, -0.15) is 4.98 Å². The predicted octanol–water partition coefficient (Wildman–Crippen LogP) is 3.53. The summed E-state index contributed by atoms with van der Waals surface area (Å²) in [5.74, 6) is 0.679. The van der Waals surface area contributed by atoms with Crippen molar-refractivity contribution in [2.45, 2.75) is 6.92 Å². The first kappa shape index (κ1) is 12.1. The number of nitrogens with one attached hydrogen (secondary N) is 1. The van der Waals surface area contributed by atoms with Gasteiger partial charge in [-0.3, -0.25) is 0 Å². The van der Waals surface area contributed by atoms with Crippen molar-refractivity contribution in [1.82, 2.24) is 9.97 Å². The van der Waals surface area contributed by atoms with Gasteiger partial charge in [-0.25, -0.2) is 4.98 Å². The zero-order valence-corrected chi connectivity index (χ0v) is 11.4. The molecule has 17 heavy (non-hydrogen) atoms. The van der Waals surface area contributed by atoms with Crippen molar-refractivity contribution in [3.05, 3.63) is 39.5 Å². The second-order valence-corrected chi connectivity index (χ2v) is 4.78. The highest BCUT2D eigenvalue weighted by molar-refractivity contribution is 9.10. The van der Waals surface area contributed by atoms with Crippen LogP contribution in [-0.2, 0) is 0 Å². The Labute approximate surface area is 112 Å². The Hall–Kier alpha value is -1.33. The zero-order valence-electron chi connectivity index (χ0n) is 9.04. The highest BCUT2D eigenvalue weighted by atomic mass is 79.9. The van der Waals surface area contributed by atoms with Crippen molar-refractivity contribution in [3.8, 4) is 0 Å². The monoisotopic (exact) mass is 312 g/mol. The van der Waals surface area contributed by atoms with Gasteiger partial charge in [-0.1, -0.05) is 33.6 Å². The standard InChI is InChI=1S/C11H10BrClN4/c1-6-2-3-7(4-8(6)12)16-10-9(13)5-15-11(14)17-10/h2-5H,1H3,(H3,14,15,16,17). The molecule has 0 atom stereocenters. The smallest absolute Gasteiger partial charge is 0.222 e. The number of anilines is 3. The first-order valence-corrected chi connectivity index (χ1v) is 6.04. The highest BCUT2D eigenvalue weighted by Crippen LogP contribution is 2.26. The maximum absolute atomic E-state index is 5.96. The Balaban J connectivity index is 2.31. The third-order valence-electron chi connectivity index (χ3n) is 2.20. The van der Waals surface area contributed by atoms with Crippen LogP contribution in [0.1, 0.15) is 5.56 Å². The van der Waals surface area contributed by atoms with E-state index in [2.05, 4.69) is 31.2 Å². The van der Waals surface area contributed by atoms with Crippen LogP contribution in [-0.4, -0.2) is 9.97 Å². The molecule has 0 saturated carbocycles. The molecule has 0 unspecified atom stereocenters. The molecule has 0 bridgehead atoms. The fourth-order valence-electron chi connectivity index (χ4n) is 1.28. The molecular formula is C11H10BrClN4. The molecule has 1 aromatic heterocycles. The van der Waals surface area contributed by atoms with E-state index in [4.69, 9.17) is 17.3 Å². The number of aryl methyl sites for hydroxylation is 1. The van der Waals surface area contributed by atoms with Crippen LogP contribution in [0.15, 0.2) is 28.9 Å². The minimum atomic E-state index is 0.183. The number of nitrogen functional groups attached to an aromatic ring is 1. The van der Waals surface area contributed by atoms with E-state index in [1.54, 1.807) is 0 Å². The molecule has 0 aliphatic carbocycles. The van der Waals surface area contributed by atoms with E-state index in [-0.39, 0.29) is 5.95 Å². The lowest BCUT2D eigenvalue weighted by molar-refractivity contribution is 1.18. The average molecular weight is 314 g/mol. The Morgan fingerprint density at radius 2 is 2.18 bits per heavy atom. The topological polar surface area (TPSA) is 63.8 Å². The molecule has 0 fully saturated rings. The Morgan fingerprint density at radius 3 is 2.88 bits per heavy atom. The van der Waals surface area contributed by atoms with Gasteiger partial charge in [-0.15, -0.1) is 0 Å². The molecule has 6 heteroatoms. The average Bonchev–Trinajstić information content (AvgIpc) is 2.29. The number of rotatable bonds is 2. The number of nitrogens with zero attached hydrogens (tertiary/aromatic N) is 2. The fraction of sp³-hybridized carbons (Fsp3) is 0.0909. The van der Waals surface area contributed by atoms with Crippen molar-refractivity contribution in [2.24, 2.45) is 0 Å². The van der Waals surface area contributed by atoms with Gasteiger partial charge < -0.3 is 11.1 Å². The lowest BCUT2D eigenvalue weighted by Crippen LogP contribution is -2.00. The molecule has 2 rings (SSSR count). The normalized spacial score (nSPS) is 10.3. The number of halogens is 2. The van der Waals surface area contributed by atoms with Crippen LogP contribution in [0.5, 0.6) is 0 Å². The minimum absolute atomic E-state index is 0.183. The Morgan fingerprint density at radius 1 is 1.41 bits per heavy atom. The lowest BCUT2D eigenvalue weighted by Gasteiger charge is -2.08. The number of hydrogen-bond donors (Lipinski definition) is 2. The second kappa shape index (κ2) is 4.89. The Bertz CT molecular complexity index is 559. The summed E-state index contributed by atoms with van der Waals surface area (Å²) in [4.78, 5) is 7.83. The van der Waals surface area contributed by atoms with Gasteiger partial charge in [0.2, 0.25) is 5.95 Å². The van der Waals surface area contributed by atoms with Gasteiger partial charge in [0.15, 0.2) is 5.82 Å². The van der Waals surface area contributed by atoms with Gasteiger partial charge in [0.25, 0.3) is 0 Å². The van der Waals surface area contributed by atoms with E-state index < -0.39 is 0 Å². The predicted molar refractivity (Wildman–Crippen MR) is 73.6 cm³/mol. The van der Waals surface area contributed by atoms with Crippen molar-refractivity contribution in [3.63, 3.8) is 0 Å². The van der Waals surface area contributed by atoms with E-state index in [1.807, 2.05) is 25.1 Å². The molecule has 1 aromatic carbocycles. The van der Waals surface area contributed by atoms with Crippen LogP contribution < -0.4 is 11.1 Å². The van der Waals surface area contributed by atoms with Crippen molar-refractivity contribution in [2.75, 3.05) is 11.1 Å². The van der Waals surface area contributed by atoms with Gasteiger partial charge in [0, 0.05) is 10.2 Å². The summed E-state index contributed by atoms with van der Waals surface area (Å²) in [5.41, 5.74) is 7.54. The Kier molecular flexibility index (Phi) is 3.49. The molecule has 0 aliphatic rings. The largest absolute Gasteiger partial charge is 0.368 e. The van der Waals surface area contributed by atoms with Crippen LogP contribution in [0.25, 0.3) is 0 Å². The lowest BCUT2D eigenvalue weighted by atomic mass is 10.2. The van der Waals surface area contributed by atoms with E-state index in [1.165, 1.54) is 6.20 Å². The summed E-state index contributed by atoms with van der Waals surface area (Å²) in [7, 11) is 0. The number of aromatic nitrogens is 2. The molecule has 0 spiro atoms. The SMILES string of the molecule is Cc1ccc(Nc2nc(N)ncc2Cl)cc1Br. The van der Waals surface area contributed by atoms with Gasteiger partial charge in [0.05, 0.1) is 6.20 Å². The first-order valence-electron chi connectivity index (χ1n) is 4.87. The van der Waals surface area contributed by atoms with E-state index >= 15 is 0 Å². The van der Waals surface area contributed by atoms with Crippen molar-refractivity contribution < 1.29 is 0 Å². The highest BCUT2D eigenvalue weighted by Gasteiger charge is 2.05. The number of nitrogens with two attached hydrogens (primary N) is 1. The summed E-state index contributed by atoms with van der Waals surface area (Å²) in [5, 5.41) is 3.51. The van der Waals surface area contributed by atoms with Crippen LogP contribution in [0.2, 0.25) is 5.02 Å². The van der Waals surface area contributed by atoms with E-state index in [0.29, 0.717) is 10.8 Å². The van der Waals surface area contributed by atoms with Crippen LogP contribution in [0.3, 0.4) is 0 Å². The summed E-state index contributed by atoms with van der Waals surface area (Å²) < 4.78 is 1.01. The van der Waals surface area contributed by atoms with Crippen LogP contribution in [0.4, 0.5) is 17.5 Å².